The number of aliphatic hydroxyl groups is 2. The standard InChI is InChI=1S/C11H17NO2/c13-9-11(14)8-12-7-6-10-4-2-1-3-5-10/h1-5,11-14H,6-9H2/t11-/m0/s1. The summed E-state index contributed by atoms with van der Waals surface area (Å²) in [4.78, 5) is 0. The van der Waals surface area contributed by atoms with Gasteiger partial charge in [0.05, 0.1) is 12.7 Å². The van der Waals surface area contributed by atoms with Gasteiger partial charge in [0.25, 0.3) is 0 Å². The number of nitrogens with one attached hydrogen (secondary N) is 1. The van der Waals surface area contributed by atoms with E-state index in [9.17, 15) is 0 Å². The number of rotatable bonds is 6. The summed E-state index contributed by atoms with van der Waals surface area (Å²) in [5, 5.41) is 20.7. The van der Waals surface area contributed by atoms with Crippen molar-refractivity contribution in [1.29, 1.82) is 0 Å². The molecule has 3 heteroatoms. The SMILES string of the molecule is OC[C@@H](O)CNCCc1ccccc1. The first-order valence-electron chi connectivity index (χ1n) is 4.86. The minimum Gasteiger partial charge on any atom is -0.394 e. The molecule has 1 rings (SSSR count). The van der Waals surface area contributed by atoms with E-state index in [1.807, 2.05) is 18.2 Å². The van der Waals surface area contributed by atoms with Crippen LogP contribution in [0.15, 0.2) is 30.3 Å². The van der Waals surface area contributed by atoms with E-state index in [0.29, 0.717) is 6.54 Å². The highest BCUT2D eigenvalue weighted by Gasteiger charge is 1.99. The summed E-state index contributed by atoms with van der Waals surface area (Å²) in [6, 6.07) is 10.2. The number of hydrogen-bond acceptors (Lipinski definition) is 3. The average Bonchev–Trinajstić information content (AvgIpc) is 2.25. The Labute approximate surface area is 84.4 Å². The number of aliphatic hydroxyl groups excluding tert-OH is 2. The summed E-state index contributed by atoms with van der Waals surface area (Å²) in [6.07, 6.45) is 0.296. The van der Waals surface area contributed by atoms with Gasteiger partial charge in [0.2, 0.25) is 0 Å². The van der Waals surface area contributed by atoms with Gasteiger partial charge in [0, 0.05) is 6.54 Å². The fraction of sp³-hybridized carbons (Fsp3) is 0.455. The fourth-order valence-electron chi connectivity index (χ4n) is 1.21. The lowest BCUT2D eigenvalue weighted by Crippen LogP contribution is -2.30. The van der Waals surface area contributed by atoms with Crippen LogP contribution in [0.3, 0.4) is 0 Å². The first-order valence-corrected chi connectivity index (χ1v) is 4.86. The maximum Gasteiger partial charge on any atom is 0.0894 e. The largest absolute Gasteiger partial charge is 0.394 e. The second kappa shape index (κ2) is 6.54. The van der Waals surface area contributed by atoms with Gasteiger partial charge < -0.3 is 15.5 Å². The van der Waals surface area contributed by atoms with Crippen LogP contribution in [0.5, 0.6) is 0 Å². The molecule has 3 N–H and O–H groups in total. The van der Waals surface area contributed by atoms with Crippen molar-refractivity contribution in [2.45, 2.75) is 12.5 Å². The van der Waals surface area contributed by atoms with Crippen molar-refractivity contribution in [2.75, 3.05) is 19.7 Å². The van der Waals surface area contributed by atoms with Crippen LogP contribution in [0.25, 0.3) is 0 Å². The van der Waals surface area contributed by atoms with E-state index in [1.165, 1.54) is 5.56 Å². The topological polar surface area (TPSA) is 52.5 Å². The molecule has 14 heavy (non-hydrogen) atoms. The van der Waals surface area contributed by atoms with Gasteiger partial charge in [0.15, 0.2) is 0 Å². The molecule has 0 unspecified atom stereocenters. The quantitative estimate of drug-likeness (QED) is 0.567. The molecule has 0 aliphatic rings. The first-order chi connectivity index (χ1) is 6.83. The third-order valence-electron chi connectivity index (χ3n) is 2.02. The molecule has 0 aliphatic carbocycles. The molecule has 0 radical (unpaired) electrons. The molecule has 0 saturated carbocycles. The van der Waals surface area contributed by atoms with Crippen LogP contribution in [0.4, 0.5) is 0 Å². The molecule has 3 nitrogen and oxygen atoms in total. The van der Waals surface area contributed by atoms with E-state index in [0.717, 1.165) is 13.0 Å². The zero-order chi connectivity index (χ0) is 10.2. The Morgan fingerprint density at radius 2 is 1.93 bits per heavy atom. The van der Waals surface area contributed by atoms with Gasteiger partial charge in [-0.1, -0.05) is 30.3 Å². The van der Waals surface area contributed by atoms with E-state index in [1.54, 1.807) is 0 Å². The lowest BCUT2D eigenvalue weighted by atomic mass is 10.1. The predicted octanol–water partition coefficient (Wildman–Crippen LogP) is 0.172. The highest BCUT2D eigenvalue weighted by atomic mass is 16.3. The lowest BCUT2D eigenvalue weighted by molar-refractivity contribution is 0.0947. The predicted molar refractivity (Wildman–Crippen MR) is 56.1 cm³/mol. The van der Waals surface area contributed by atoms with Crippen LogP contribution >= 0.6 is 0 Å². The Balaban J connectivity index is 2.10. The number of benzene rings is 1. The lowest BCUT2D eigenvalue weighted by Gasteiger charge is -2.08. The normalized spacial score (nSPS) is 12.7. The zero-order valence-corrected chi connectivity index (χ0v) is 8.19. The third kappa shape index (κ3) is 4.37. The van der Waals surface area contributed by atoms with Crippen molar-refractivity contribution in [3.8, 4) is 0 Å². The van der Waals surface area contributed by atoms with E-state index < -0.39 is 6.10 Å². The highest BCUT2D eigenvalue weighted by Crippen LogP contribution is 1.97. The summed E-state index contributed by atoms with van der Waals surface area (Å²) >= 11 is 0. The zero-order valence-electron chi connectivity index (χ0n) is 8.19. The summed E-state index contributed by atoms with van der Waals surface area (Å²) in [7, 11) is 0. The van der Waals surface area contributed by atoms with Crippen LogP contribution < -0.4 is 5.32 Å². The Morgan fingerprint density at radius 1 is 1.21 bits per heavy atom. The van der Waals surface area contributed by atoms with E-state index in [-0.39, 0.29) is 6.61 Å². The van der Waals surface area contributed by atoms with Crippen molar-refractivity contribution in [3.05, 3.63) is 35.9 Å². The average molecular weight is 195 g/mol. The van der Waals surface area contributed by atoms with Gasteiger partial charge in [-0.2, -0.15) is 0 Å². The molecule has 0 aromatic heterocycles. The first kappa shape index (κ1) is 11.2. The van der Waals surface area contributed by atoms with Crippen LogP contribution in [-0.2, 0) is 6.42 Å². The van der Waals surface area contributed by atoms with Crippen LogP contribution in [0, 0.1) is 0 Å². The van der Waals surface area contributed by atoms with Crippen molar-refractivity contribution in [2.24, 2.45) is 0 Å². The van der Waals surface area contributed by atoms with Crippen molar-refractivity contribution in [3.63, 3.8) is 0 Å². The fourth-order valence-corrected chi connectivity index (χ4v) is 1.21. The van der Waals surface area contributed by atoms with Crippen LogP contribution in [0.1, 0.15) is 5.56 Å². The molecule has 0 heterocycles. The second-order valence-electron chi connectivity index (χ2n) is 3.28. The van der Waals surface area contributed by atoms with E-state index in [4.69, 9.17) is 10.2 Å². The molecule has 0 aliphatic heterocycles. The molecule has 78 valence electrons. The Hall–Kier alpha value is -0.900. The summed E-state index contributed by atoms with van der Waals surface area (Å²) in [6.45, 7) is 1.09. The number of hydrogen-bond donors (Lipinski definition) is 3. The minimum atomic E-state index is -0.647. The van der Waals surface area contributed by atoms with Gasteiger partial charge in [-0.05, 0) is 18.5 Å². The Bertz CT molecular complexity index is 238. The molecule has 0 spiro atoms. The van der Waals surface area contributed by atoms with Crippen molar-refractivity contribution in [1.82, 2.24) is 5.32 Å². The van der Waals surface area contributed by atoms with Gasteiger partial charge in [0.1, 0.15) is 0 Å². The molecular weight excluding hydrogens is 178 g/mol. The molecule has 0 bridgehead atoms. The second-order valence-corrected chi connectivity index (χ2v) is 3.28. The maximum atomic E-state index is 9.04. The van der Waals surface area contributed by atoms with E-state index in [2.05, 4.69) is 17.4 Å². The van der Waals surface area contributed by atoms with Gasteiger partial charge >= 0.3 is 0 Å². The Kier molecular flexibility index (Phi) is 5.22. The summed E-state index contributed by atoms with van der Waals surface area (Å²) in [5.41, 5.74) is 1.28. The molecule has 1 aromatic carbocycles. The molecule has 1 aromatic rings. The summed E-state index contributed by atoms with van der Waals surface area (Å²) in [5.74, 6) is 0. The molecule has 0 saturated heterocycles. The van der Waals surface area contributed by atoms with Gasteiger partial charge in [-0.15, -0.1) is 0 Å². The summed E-state index contributed by atoms with van der Waals surface area (Å²) < 4.78 is 0. The van der Waals surface area contributed by atoms with Gasteiger partial charge in [-0.3, -0.25) is 0 Å². The molecule has 0 fully saturated rings. The molecule has 1 atom stereocenters. The van der Waals surface area contributed by atoms with Crippen molar-refractivity contribution >= 4 is 0 Å². The van der Waals surface area contributed by atoms with Crippen LogP contribution in [-0.4, -0.2) is 36.0 Å². The minimum absolute atomic E-state index is 0.182. The monoisotopic (exact) mass is 195 g/mol. The maximum absolute atomic E-state index is 9.04. The molecule has 0 amide bonds. The van der Waals surface area contributed by atoms with Gasteiger partial charge in [-0.25, -0.2) is 0 Å². The Morgan fingerprint density at radius 3 is 2.57 bits per heavy atom. The van der Waals surface area contributed by atoms with E-state index >= 15 is 0 Å². The van der Waals surface area contributed by atoms with Crippen molar-refractivity contribution < 1.29 is 10.2 Å². The van der Waals surface area contributed by atoms with Crippen LogP contribution in [0.2, 0.25) is 0 Å². The molecular formula is C11H17NO2. The highest BCUT2D eigenvalue weighted by molar-refractivity contribution is 5.14. The third-order valence-corrected chi connectivity index (χ3v) is 2.02. The smallest absolute Gasteiger partial charge is 0.0894 e.